The van der Waals surface area contributed by atoms with Crippen LogP contribution in [0.15, 0.2) is 24.3 Å². The molecular formula is C16H24ClN. The lowest BCUT2D eigenvalue weighted by atomic mass is 9.73. The largest absolute Gasteiger partial charge is 0.307 e. The van der Waals surface area contributed by atoms with Gasteiger partial charge in [0.15, 0.2) is 0 Å². The molecule has 1 N–H and O–H groups in total. The monoisotopic (exact) mass is 265 g/mol. The maximum atomic E-state index is 6.27. The van der Waals surface area contributed by atoms with Gasteiger partial charge in [0.1, 0.15) is 0 Å². The van der Waals surface area contributed by atoms with Crippen molar-refractivity contribution in [2.45, 2.75) is 58.5 Å². The van der Waals surface area contributed by atoms with Crippen LogP contribution in [0, 0.1) is 5.41 Å². The first-order valence-electron chi connectivity index (χ1n) is 7.01. The second kappa shape index (κ2) is 5.63. The predicted molar refractivity (Wildman–Crippen MR) is 79.0 cm³/mol. The standard InChI is InChI=1S/C16H24ClN/c1-12(13-8-4-5-9-14(13)17)18-15-10-6-7-11-16(15,2)3/h4-5,8-9,12,15,18H,6-7,10-11H2,1-3H3/t12-,15?/m0/s1. The molecule has 2 atom stereocenters. The van der Waals surface area contributed by atoms with E-state index in [-0.39, 0.29) is 0 Å². The van der Waals surface area contributed by atoms with Crippen LogP contribution in [-0.2, 0) is 0 Å². The molecule has 0 bridgehead atoms. The van der Waals surface area contributed by atoms with Gasteiger partial charge in [0, 0.05) is 17.1 Å². The lowest BCUT2D eigenvalue weighted by Crippen LogP contribution is -2.45. The zero-order valence-electron chi connectivity index (χ0n) is 11.7. The first-order chi connectivity index (χ1) is 8.50. The third-order valence-electron chi connectivity index (χ3n) is 4.33. The maximum Gasteiger partial charge on any atom is 0.0453 e. The van der Waals surface area contributed by atoms with Crippen LogP contribution in [0.5, 0.6) is 0 Å². The Labute approximate surface area is 116 Å². The van der Waals surface area contributed by atoms with Crippen molar-refractivity contribution in [1.29, 1.82) is 0 Å². The third kappa shape index (κ3) is 3.07. The Hall–Kier alpha value is -0.530. The van der Waals surface area contributed by atoms with Crippen LogP contribution in [0.1, 0.15) is 58.1 Å². The molecule has 1 saturated carbocycles. The van der Waals surface area contributed by atoms with Gasteiger partial charge in [-0.15, -0.1) is 0 Å². The minimum absolute atomic E-state index is 0.320. The molecule has 0 radical (unpaired) electrons. The van der Waals surface area contributed by atoms with Gasteiger partial charge in [-0.25, -0.2) is 0 Å². The molecule has 0 amide bonds. The van der Waals surface area contributed by atoms with Gasteiger partial charge < -0.3 is 5.32 Å². The smallest absolute Gasteiger partial charge is 0.0453 e. The SMILES string of the molecule is C[C@H](NC1CCCCC1(C)C)c1ccccc1Cl. The van der Waals surface area contributed by atoms with E-state index in [1.807, 2.05) is 12.1 Å². The summed E-state index contributed by atoms with van der Waals surface area (Å²) < 4.78 is 0. The van der Waals surface area contributed by atoms with Crippen molar-refractivity contribution >= 4 is 11.6 Å². The summed E-state index contributed by atoms with van der Waals surface area (Å²) >= 11 is 6.27. The molecule has 2 rings (SSSR count). The van der Waals surface area contributed by atoms with Crippen LogP contribution in [0.4, 0.5) is 0 Å². The summed E-state index contributed by atoms with van der Waals surface area (Å²) in [5.74, 6) is 0. The van der Waals surface area contributed by atoms with E-state index in [1.165, 1.54) is 31.2 Å². The van der Waals surface area contributed by atoms with Crippen molar-refractivity contribution in [2.24, 2.45) is 5.41 Å². The van der Waals surface area contributed by atoms with Crippen LogP contribution in [0.3, 0.4) is 0 Å². The van der Waals surface area contributed by atoms with Crippen molar-refractivity contribution < 1.29 is 0 Å². The predicted octanol–water partition coefficient (Wildman–Crippen LogP) is 4.96. The highest BCUT2D eigenvalue weighted by Crippen LogP contribution is 2.37. The summed E-state index contributed by atoms with van der Waals surface area (Å²) in [5.41, 5.74) is 1.61. The molecule has 1 aliphatic carbocycles. The summed E-state index contributed by atoms with van der Waals surface area (Å²) in [6.45, 7) is 6.97. The van der Waals surface area contributed by atoms with Gasteiger partial charge in [-0.05, 0) is 36.8 Å². The van der Waals surface area contributed by atoms with Gasteiger partial charge in [0.2, 0.25) is 0 Å². The summed E-state index contributed by atoms with van der Waals surface area (Å²) in [6.07, 6.45) is 5.31. The van der Waals surface area contributed by atoms with Gasteiger partial charge >= 0.3 is 0 Å². The lowest BCUT2D eigenvalue weighted by Gasteiger charge is -2.41. The molecule has 1 aromatic carbocycles. The number of hydrogen-bond donors (Lipinski definition) is 1. The molecule has 0 heterocycles. The minimum atomic E-state index is 0.320. The molecule has 1 fully saturated rings. The molecule has 1 aromatic rings. The summed E-state index contributed by atoms with van der Waals surface area (Å²) in [6, 6.07) is 9.06. The average Bonchev–Trinajstić information content (AvgIpc) is 2.32. The second-order valence-electron chi connectivity index (χ2n) is 6.20. The van der Waals surface area contributed by atoms with Crippen LogP contribution in [0.2, 0.25) is 5.02 Å². The van der Waals surface area contributed by atoms with Gasteiger partial charge in [0.25, 0.3) is 0 Å². The fraction of sp³-hybridized carbons (Fsp3) is 0.625. The topological polar surface area (TPSA) is 12.0 Å². The van der Waals surface area contributed by atoms with Crippen molar-refractivity contribution in [2.75, 3.05) is 0 Å². The summed E-state index contributed by atoms with van der Waals surface area (Å²) in [7, 11) is 0. The fourth-order valence-electron chi connectivity index (χ4n) is 3.02. The average molecular weight is 266 g/mol. The molecule has 1 unspecified atom stereocenters. The number of hydrogen-bond acceptors (Lipinski definition) is 1. The minimum Gasteiger partial charge on any atom is -0.307 e. The van der Waals surface area contributed by atoms with Crippen LogP contribution < -0.4 is 5.32 Å². The lowest BCUT2D eigenvalue weighted by molar-refractivity contribution is 0.157. The number of rotatable bonds is 3. The van der Waals surface area contributed by atoms with E-state index >= 15 is 0 Å². The van der Waals surface area contributed by atoms with E-state index in [0.29, 0.717) is 17.5 Å². The van der Waals surface area contributed by atoms with E-state index in [1.54, 1.807) is 0 Å². The van der Waals surface area contributed by atoms with Crippen LogP contribution >= 0.6 is 11.6 Å². The van der Waals surface area contributed by atoms with E-state index in [4.69, 9.17) is 11.6 Å². The van der Waals surface area contributed by atoms with Crippen LogP contribution in [-0.4, -0.2) is 6.04 Å². The molecule has 0 aromatic heterocycles. The molecule has 100 valence electrons. The van der Waals surface area contributed by atoms with E-state index < -0.39 is 0 Å². The maximum absolute atomic E-state index is 6.27. The molecule has 0 saturated heterocycles. The highest BCUT2D eigenvalue weighted by molar-refractivity contribution is 6.31. The van der Waals surface area contributed by atoms with Crippen molar-refractivity contribution in [3.8, 4) is 0 Å². The zero-order valence-corrected chi connectivity index (χ0v) is 12.4. The Morgan fingerprint density at radius 1 is 1.28 bits per heavy atom. The quantitative estimate of drug-likeness (QED) is 0.815. The Bertz CT molecular complexity index is 400. The number of benzene rings is 1. The normalized spacial score (nSPS) is 24.8. The van der Waals surface area contributed by atoms with Gasteiger partial charge in [-0.3, -0.25) is 0 Å². The van der Waals surface area contributed by atoms with E-state index in [2.05, 4.69) is 38.2 Å². The molecule has 0 aliphatic heterocycles. The summed E-state index contributed by atoms with van der Waals surface area (Å²) in [5, 5.41) is 4.65. The highest BCUT2D eigenvalue weighted by atomic mass is 35.5. The van der Waals surface area contributed by atoms with E-state index in [0.717, 1.165) is 5.02 Å². The Balaban J connectivity index is 2.07. The van der Waals surface area contributed by atoms with Crippen LogP contribution in [0.25, 0.3) is 0 Å². The zero-order chi connectivity index (χ0) is 13.2. The fourth-order valence-corrected chi connectivity index (χ4v) is 3.32. The van der Waals surface area contributed by atoms with Gasteiger partial charge in [0.05, 0.1) is 0 Å². The van der Waals surface area contributed by atoms with Crippen molar-refractivity contribution in [3.05, 3.63) is 34.9 Å². The third-order valence-corrected chi connectivity index (χ3v) is 4.67. The Morgan fingerprint density at radius 2 is 2.00 bits per heavy atom. The first-order valence-corrected chi connectivity index (χ1v) is 7.39. The summed E-state index contributed by atoms with van der Waals surface area (Å²) in [4.78, 5) is 0. The van der Waals surface area contributed by atoms with E-state index in [9.17, 15) is 0 Å². The molecule has 18 heavy (non-hydrogen) atoms. The van der Waals surface area contributed by atoms with Gasteiger partial charge in [-0.1, -0.05) is 56.5 Å². The molecule has 0 spiro atoms. The number of nitrogens with one attached hydrogen (secondary N) is 1. The first kappa shape index (κ1) is 13.9. The molecule has 1 aliphatic rings. The highest BCUT2D eigenvalue weighted by Gasteiger charge is 2.32. The molecule has 2 heteroatoms. The molecular weight excluding hydrogens is 242 g/mol. The van der Waals surface area contributed by atoms with Crippen molar-refractivity contribution in [1.82, 2.24) is 5.32 Å². The van der Waals surface area contributed by atoms with Crippen molar-refractivity contribution in [3.63, 3.8) is 0 Å². The number of halogens is 1. The Kier molecular flexibility index (Phi) is 4.34. The van der Waals surface area contributed by atoms with Gasteiger partial charge in [-0.2, -0.15) is 0 Å². The second-order valence-corrected chi connectivity index (χ2v) is 6.60. The Morgan fingerprint density at radius 3 is 2.67 bits per heavy atom. The molecule has 1 nitrogen and oxygen atoms in total.